The second-order valence-electron chi connectivity index (χ2n) is 4.49. The van der Waals surface area contributed by atoms with Crippen molar-refractivity contribution in [2.24, 2.45) is 0 Å². The first-order chi connectivity index (χ1) is 8.94. The van der Waals surface area contributed by atoms with Gasteiger partial charge in [-0.3, -0.25) is 4.79 Å². The van der Waals surface area contributed by atoms with Gasteiger partial charge in [0.1, 0.15) is 5.82 Å². The summed E-state index contributed by atoms with van der Waals surface area (Å²) in [5, 5.41) is 2.69. The van der Waals surface area contributed by atoms with Crippen LogP contribution in [-0.2, 0) is 0 Å². The molecule has 19 heavy (non-hydrogen) atoms. The van der Waals surface area contributed by atoms with Crippen LogP contribution in [0.2, 0.25) is 0 Å². The molecule has 0 aliphatic rings. The maximum atomic E-state index is 13.3. The van der Waals surface area contributed by atoms with Crippen LogP contribution in [0, 0.1) is 19.7 Å². The smallest absolute Gasteiger partial charge is 0.255 e. The molecule has 0 saturated heterocycles. The lowest BCUT2D eigenvalue weighted by Gasteiger charge is -2.08. The van der Waals surface area contributed by atoms with Crippen LogP contribution in [0.3, 0.4) is 0 Å². The maximum absolute atomic E-state index is 13.3. The van der Waals surface area contributed by atoms with Gasteiger partial charge in [0.25, 0.3) is 5.91 Å². The molecule has 0 aliphatic carbocycles. The Morgan fingerprint density at radius 3 is 2.37 bits per heavy atom. The molecule has 2 aromatic carbocycles. The van der Waals surface area contributed by atoms with Crippen LogP contribution in [0.4, 0.5) is 10.1 Å². The van der Waals surface area contributed by atoms with Crippen LogP contribution in [-0.4, -0.2) is 5.91 Å². The summed E-state index contributed by atoms with van der Waals surface area (Å²) in [6.45, 7) is 3.69. The molecule has 0 bridgehead atoms. The number of halogens is 2. The van der Waals surface area contributed by atoms with Crippen molar-refractivity contribution < 1.29 is 9.18 Å². The van der Waals surface area contributed by atoms with Gasteiger partial charge in [-0.1, -0.05) is 15.9 Å². The molecule has 2 aromatic rings. The zero-order chi connectivity index (χ0) is 14.0. The lowest BCUT2D eigenvalue weighted by molar-refractivity contribution is 0.102. The van der Waals surface area contributed by atoms with E-state index in [0.717, 1.165) is 15.6 Å². The van der Waals surface area contributed by atoms with E-state index in [9.17, 15) is 9.18 Å². The molecule has 0 fully saturated rings. The number of carbonyl (C=O) groups excluding carboxylic acids is 1. The lowest BCUT2D eigenvalue weighted by atomic mass is 10.1. The average molecular weight is 322 g/mol. The van der Waals surface area contributed by atoms with Crippen molar-refractivity contribution in [2.45, 2.75) is 13.8 Å². The molecule has 0 radical (unpaired) electrons. The molecular weight excluding hydrogens is 309 g/mol. The Morgan fingerprint density at radius 2 is 1.74 bits per heavy atom. The van der Waals surface area contributed by atoms with Crippen LogP contribution >= 0.6 is 15.9 Å². The summed E-state index contributed by atoms with van der Waals surface area (Å²) in [5.41, 5.74) is 2.74. The van der Waals surface area contributed by atoms with Crippen molar-refractivity contribution in [1.82, 2.24) is 0 Å². The van der Waals surface area contributed by atoms with E-state index in [0.29, 0.717) is 11.3 Å². The Morgan fingerprint density at radius 1 is 1.05 bits per heavy atom. The van der Waals surface area contributed by atoms with Gasteiger partial charge in [-0.25, -0.2) is 4.39 Å². The normalized spacial score (nSPS) is 10.3. The molecule has 1 N–H and O–H groups in total. The van der Waals surface area contributed by atoms with E-state index >= 15 is 0 Å². The number of carbonyl (C=O) groups is 1. The topological polar surface area (TPSA) is 29.1 Å². The predicted molar refractivity (Wildman–Crippen MR) is 78.0 cm³/mol. The quantitative estimate of drug-likeness (QED) is 0.869. The molecule has 0 aliphatic heterocycles. The van der Waals surface area contributed by atoms with Crippen molar-refractivity contribution in [3.8, 4) is 0 Å². The van der Waals surface area contributed by atoms with Gasteiger partial charge in [0.2, 0.25) is 0 Å². The molecule has 4 heteroatoms. The molecule has 1 amide bonds. The molecule has 0 heterocycles. The fourth-order valence-electron chi connectivity index (χ4n) is 1.88. The highest BCUT2D eigenvalue weighted by molar-refractivity contribution is 9.10. The van der Waals surface area contributed by atoms with E-state index in [1.54, 1.807) is 25.1 Å². The van der Waals surface area contributed by atoms with Crippen LogP contribution in [0.5, 0.6) is 0 Å². The van der Waals surface area contributed by atoms with Crippen molar-refractivity contribution in [3.63, 3.8) is 0 Å². The Kier molecular flexibility index (Phi) is 4.00. The van der Waals surface area contributed by atoms with Crippen LogP contribution < -0.4 is 5.32 Å². The third kappa shape index (κ3) is 3.64. The summed E-state index contributed by atoms with van der Waals surface area (Å²) in [4.78, 5) is 12.1. The van der Waals surface area contributed by atoms with Crippen LogP contribution in [0.15, 0.2) is 40.9 Å². The molecule has 0 spiro atoms. The van der Waals surface area contributed by atoms with E-state index < -0.39 is 0 Å². The number of hydrogen-bond acceptors (Lipinski definition) is 1. The Labute approximate surface area is 119 Å². The molecule has 0 saturated carbocycles. The Balaban J connectivity index is 2.25. The van der Waals surface area contributed by atoms with E-state index in [1.807, 2.05) is 13.0 Å². The third-order valence-corrected chi connectivity index (χ3v) is 3.06. The summed E-state index contributed by atoms with van der Waals surface area (Å²) in [6.07, 6.45) is 0. The molecule has 0 atom stereocenters. The zero-order valence-electron chi connectivity index (χ0n) is 10.6. The van der Waals surface area contributed by atoms with Crippen molar-refractivity contribution in [1.29, 1.82) is 0 Å². The van der Waals surface area contributed by atoms with Gasteiger partial charge >= 0.3 is 0 Å². The van der Waals surface area contributed by atoms with Crippen molar-refractivity contribution >= 4 is 27.5 Å². The van der Waals surface area contributed by atoms with Gasteiger partial charge in [0.15, 0.2) is 0 Å². The molecule has 2 rings (SSSR count). The third-order valence-electron chi connectivity index (χ3n) is 2.60. The summed E-state index contributed by atoms with van der Waals surface area (Å²) < 4.78 is 14.1. The van der Waals surface area contributed by atoms with Crippen molar-refractivity contribution in [2.75, 3.05) is 5.32 Å². The first kappa shape index (κ1) is 13.7. The Hall–Kier alpha value is -1.68. The van der Waals surface area contributed by atoms with Crippen LogP contribution in [0.25, 0.3) is 0 Å². The van der Waals surface area contributed by atoms with Crippen LogP contribution in [0.1, 0.15) is 21.5 Å². The minimum Gasteiger partial charge on any atom is -0.322 e. The van der Waals surface area contributed by atoms with Gasteiger partial charge in [-0.2, -0.15) is 0 Å². The lowest BCUT2D eigenvalue weighted by Crippen LogP contribution is -2.12. The largest absolute Gasteiger partial charge is 0.322 e. The molecule has 0 aromatic heterocycles. The van der Waals surface area contributed by atoms with E-state index in [1.165, 1.54) is 12.1 Å². The Bertz CT molecular complexity index is 600. The fraction of sp³-hybridized carbons (Fsp3) is 0.133. The van der Waals surface area contributed by atoms with Crippen molar-refractivity contribution in [3.05, 3.63) is 63.4 Å². The van der Waals surface area contributed by atoms with Gasteiger partial charge in [-0.15, -0.1) is 0 Å². The molecule has 2 nitrogen and oxygen atoms in total. The van der Waals surface area contributed by atoms with Gasteiger partial charge in [-0.05, 0) is 61.4 Å². The minimum atomic E-state index is -0.360. The minimum absolute atomic E-state index is 0.255. The first-order valence-corrected chi connectivity index (χ1v) is 6.59. The standard InChI is InChI=1S/C15H13BrFNO/c1-9-3-11(7-12(16)4-9)15(19)18-14-6-10(2)5-13(17)8-14/h3-8H,1-2H3,(H,18,19). The molecule has 98 valence electrons. The van der Waals surface area contributed by atoms with E-state index in [4.69, 9.17) is 0 Å². The number of amides is 1. The monoisotopic (exact) mass is 321 g/mol. The summed E-state index contributed by atoms with van der Waals surface area (Å²) >= 11 is 3.35. The van der Waals surface area contributed by atoms with Gasteiger partial charge in [0, 0.05) is 15.7 Å². The highest BCUT2D eigenvalue weighted by Crippen LogP contribution is 2.18. The van der Waals surface area contributed by atoms with Gasteiger partial charge < -0.3 is 5.32 Å². The SMILES string of the molecule is Cc1cc(F)cc(NC(=O)c2cc(C)cc(Br)c2)c1. The number of hydrogen-bond donors (Lipinski definition) is 1. The summed E-state index contributed by atoms with van der Waals surface area (Å²) in [5.74, 6) is -0.616. The number of anilines is 1. The summed E-state index contributed by atoms with van der Waals surface area (Å²) in [7, 11) is 0. The average Bonchev–Trinajstić information content (AvgIpc) is 2.25. The highest BCUT2D eigenvalue weighted by Gasteiger charge is 2.08. The van der Waals surface area contributed by atoms with E-state index in [-0.39, 0.29) is 11.7 Å². The highest BCUT2D eigenvalue weighted by atomic mass is 79.9. The van der Waals surface area contributed by atoms with Gasteiger partial charge in [0.05, 0.1) is 0 Å². The zero-order valence-corrected chi connectivity index (χ0v) is 12.2. The predicted octanol–water partition coefficient (Wildman–Crippen LogP) is 4.46. The summed E-state index contributed by atoms with van der Waals surface area (Å²) in [6, 6.07) is 9.88. The maximum Gasteiger partial charge on any atom is 0.255 e. The number of nitrogens with one attached hydrogen (secondary N) is 1. The number of benzene rings is 2. The molecule has 0 unspecified atom stereocenters. The first-order valence-electron chi connectivity index (χ1n) is 5.80. The fourth-order valence-corrected chi connectivity index (χ4v) is 2.49. The number of rotatable bonds is 2. The second kappa shape index (κ2) is 5.53. The number of aryl methyl sites for hydroxylation is 2. The second-order valence-corrected chi connectivity index (χ2v) is 5.40. The van der Waals surface area contributed by atoms with E-state index in [2.05, 4.69) is 21.2 Å². The molecular formula is C15H13BrFNO.